The first-order valence-corrected chi connectivity index (χ1v) is 8.19. The van der Waals surface area contributed by atoms with Crippen molar-refractivity contribution in [2.24, 2.45) is 0 Å². The van der Waals surface area contributed by atoms with Gasteiger partial charge < -0.3 is 19.2 Å². The third-order valence-corrected chi connectivity index (χ3v) is 4.30. The average Bonchev–Trinajstić information content (AvgIpc) is 2.62. The second-order valence-electron chi connectivity index (χ2n) is 5.96. The molecular weight excluding hydrogens is 326 g/mol. The normalized spacial score (nSPS) is 15.2. The predicted octanol–water partition coefficient (Wildman–Crippen LogP) is 1.89. The fourth-order valence-corrected chi connectivity index (χ4v) is 3.01. The zero-order chi connectivity index (χ0) is 17.8. The summed E-state index contributed by atoms with van der Waals surface area (Å²) in [5.74, 6) is -1.51. The summed E-state index contributed by atoms with van der Waals surface area (Å²) in [6, 6.07) is 7.76. The van der Waals surface area contributed by atoms with Crippen molar-refractivity contribution in [3.63, 3.8) is 0 Å². The molecule has 0 unspecified atom stereocenters. The Balaban J connectivity index is 1.93. The van der Waals surface area contributed by atoms with Crippen molar-refractivity contribution in [1.82, 2.24) is 4.90 Å². The van der Waals surface area contributed by atoms with Crippen LogP contribution in [0.2, 0.25) is 0 Å². The van der Waals surface area contributed by atoms with Crippen LogP contribution < -0.4 is 5.43 Å². The van der Waals surface area contributed by atoms with Gasteiger partial charge in [0, 0.05) is 31.9 Å². The van der Waals surface area contributed by atoms with E-state index < -0.39 is 11.9 Å². The van der Waals surface area contributed by atoms with E-state index in [1.54, 1.807) is 24.3 Å². The van der Waals surface area contributed by atoms with Gasteiger partial charge in [-0.25, -0.2) is 0 Å². The molecule has 1 amide bonds. The average molecular weight is 345 g/mol. The van der Waals surface area contributed by atoms with Gasteiger partial charge in [-0.2, -0.15) is 0 Å². The number of aliphatic carboxylic acids is 1. The highest BCUT2D eigenvalue weighted by Gasteiger charge is 2.28. The minimum absolute atomic E-state index is 0.0649. The molecule has 132 valence electrons. The number of fused-ring (bicyclic) bond motifs is 1. The number of amides is 1. The summed E-state index contributed by atoms with van der Waals surface area (Å²) in [5, 5.41) is 9.37. The molecule has 7 nitrogen and oxygen atoms in total. The van der Waals surface area contributed by atoms with Crippen molar-refractivity contribution >= 4 is 22.8 Å². The molecule has 3 rings (SSSR count). The van der Waals surface area contributed by atoms with E-state index in [4.69, 9.17) is 14.3 Å². The number of benzene rings is 1. The molecule has 1 aromatic heterocycles. The van der Waals surface area contributed by atoms with Crippen molar-refractivity contribution in [2.45, 2.75) is 25.3 Å². The maximum atomic E-state index is 12.9. The maximum Gasteiger partial charge on any atom is 0.305 e. The number of carboxylic acids is 1. The molecule has 1 N–H and O–H groups in total. The number of para-hydroxylation sites is 1. The van der Waals surface area contributed by atoms with Crippen molar-refractivity contribution in [2.75, 3.05) is 19.8 Å². The molecule has 2 heterocycles. The Kier molecular flexibility index (Phi) is 5.14. The Morgan fingerprint density at radius 2 is 1.92 bits per heavy atom. The van der Waals surface area contributed by atoms with Crippen LogP contribution >= 0.6 is 0 Å². The van der Waals surface area contributed by atoms with Gasteiger partial charge >= 0.3 is 5.97 Å². The number of ether oxygens (including phenoxy) is 1. The molecule has 1 saturated heterocycles. The van der Waals surface area contributed by atoms with E-state index in [1.807, 2.05) is 0 Å². The number of carbonyl (C=O) groups is 2. The quantitative estimate of drug-likeness (QED) is 0.889. The first-order chi connectivity index (χ1) is 12.1. The first-order valence-electron chi connectivity index (χ1n) is 8.19. The Morgan fingerprint density at radius 1 is 1.20 bits per heavy atom. The van der Waals surface area contributed by atoms with Gasteiger partial charge in [-0.3, -0.25) is 14.4 Å². The van der Waals surface area contributed by atoms with Gasteiger partial charge in [-0.1, -0.05) is 12.1 Å². The van der Waals surface area contributed by atoms with E-state index in [9.17, 15) is 14.4 Å². The smallest absolute Gasteiger partial charge is 0.305 e. The zero-order valence-electron chi connectivity index (χ0n) is 13.6. The molecule has 25 heavy (non-hydrogen) atoms. The Labute approximate surface area is 143 Å². The van der Waals surface area contributed by atoms with Gasteiger partial charge in [-0.05, 0) is 25.0 Å². The molecule has 1 aromatic carbocycles. The van der Waals surface area contributed by atoms with E-state index in [0.717, 1.165) is 0 Å². The standard InChI is InChI=1S/C18H19NO6/c20-14-11-16(25-15-4-2-1-3-13(14)15)18(23)19(8-5-17(21)22)12-6-9-24-10-7-12/h1-4,11-12H,5-10H2,(H,21,22). The molecule has 2 aromatic rings. The van der Waals surface area contributed by atoms with Crippen molar-refractivity contribution < 1.29 is 23.8 Å². The highest BCUT2D eigenvalue weighted by Crippen LogP contribution is 2.19. The zero-order valence-corrected chi connectivity index (χ0v) is 13.6. The summed E-state index contributed by atoms with van der Waals surface area (Å²) in [7, 11) is 0. The minimum atomic E-state index is -0.982. The van der Waals surface area contributed by atoms with Crippen molar-refractivity contribution in [3.05, 3.63) is 46.3 Å². The fraction of sp³-hybridized carbons (Fsp3) is 0.389. The molecule has 1 fully saturated rings. The lowest BCUT2D eigenvalue weighted by molar-refractivity contribution is -0.137. The Hall–Kier alpha value is -2.67. The van der Waals surface area contributed by atoms with Gasteiger partial charge in [0.15, 0.2) is 11.2 Å². The lowest BCUT2D eigenvalue weighted by Gasteiger charge is -2.33. The Bertz CT molecular complexity index is 837. The van der Waals surface area contributed by atoms with Crippen molar-refractivity contribution in [3.8, 4) is 0 Å². The fourth-order valence-electron chi connectivity index (χ4n) is 3.01. The molecule has 0 atom stereocenters. The minimum Gasteiger partial charge on any atom is -0.481 e. The van der Waals surface area contributed by atoms with Gasteiger partial charge in [0.2, 0.25) is 0 Å². The molecular formula is C18H19NO6. The molecule has 0 radical (unpaired) electrons. The highest BCUT2D eigenvalue weighted by molar-refractivity contribution is 5.93. The number of carboxylic acid groups (broad SMARTS) is 1. The topological polar surface area (TPSA) is 97.1 Å². The molecule has 1 aliphatic rings. The van der Waals surface area contributed by atoms with Crippen molar-refractivity contribution in [1.29, 1.82) is 0 Å². The summed E-state index contributed by atoms with van der Waals surface area (Å²) < 4.78 is 10.9. The molecule has 0 saturated carbocycles. The largest absolute Gasteiger partial charge is 0.481 e. The van der Waals surface area contributed by atoms with E-state index in [0.29, 0.717) is 37.0 Å². The van der Waals surface area contributed by atoms with Crippen LogP contribution in [-0.4, -0.2) is 47.7 Å². The van der Waals surface area contributed by atoms with Crippen LogP contribution in [0, 0.1) is 0 Å². The Morgan fingerprint density at radius 3 is 2.64 bits per heavy atom. The summed E-state index contributed by atoms with van der Waals surface area (Å²) in [4.78, 5) is 37.6. The van der Waals surface area contributed by atoms with Crippen LogP contribution in [0.3, 0.4) is 0 Å². The van der Waals surface area contributed by atoms with E-state index in [-0.39, 0.29) is 30.2 Å². The monoisotopic (exact) mass is 345 g/mol. The van der Waals surface area contributed by atoms with Crippen LogP contribution in [-0.2, 0) is 9.53 Å². The summed E-state index contributed by atoms with van der Waals surface area (Å²) in [5.41, 5.74) is 0.0406. The van der Waals surface area contributed by atoms with Crippen LogP contribution in [0.25, 0.3) is 11.0 Å². The maximum absolute atomic E-state index is 12.9. The van der Waals surface area contributed by atoms with E-state index in [2.05, 4.69) is 0 Å². The number of hydrogen-bond acceptors (Lipinski definition) is 5. The molecule has 0 spiro atoms. The highest BCUT2D eigenvalue weighted by atomic mass is 16.5. The van der Waals surface area contributed by atoms with Gasteiger partial charge in [0.1, 0.15) is 5.58 Å². The number of hydrogen-bond donors (Lipinski definition) is 1. The lowest BCUT2D eigenvalue weighted by Crippen LogP contribution is -2.44. The predicted molar refractivity (Wildman–Crippen MR) is 89.6 cm³/mol. The summed E-state index contributed by atoms with van der Waals surface area (Å²) >= 11 is 0. The van der Waals surface area contributed by atoms with Gasteiger partial charge in [0.05, 0.1) is 11.8 Å². The van der Waals surface area contributed by atoms with Crippen LogP contribution in [0.4, 0.5) is 0 Å². The third kappa shape index (κ3) is 3.88. The number of rotatable bonds is 5. The van der Waals surface area contributed by atoms with Gasteiger partial charge in [-0.15, -0.1) is 0 Å². The number of carbonyl (C=O) groups excluding carboxylic acids is 1. The van der Waals surface area contributed by atoms with Crippen LogP contribution in [0.15, 0.2) is 39.5 Å². The number of nitrogens with zero attached hydrogens (tertiary/aromatic N) is 1. The van der Waals surface area contributed by atoms with Crippen LogP contribution in [0.1, 0.15) is 29.8 Å². The van der Waals surface area contributed by atoms with Gasteiger partial charge in [0.25, 0.3) is 5.91 Å². The molecule has 0 aliphatic carbocycles. The summed E-state index contributed by atoms with van der Waals surface area (Å²) in [6.45, 7) is 1.10. The molecule has 0 bridgehead atoms. The molecule has 1 aliphatic heterocycles. The third-order valence-electron chi connectivity index (χ3n) is 4.30. The molecule has 7 heteroatoms. The second kappa shape index (κ2) is 7.48. The first kappa shape index (κ1) is 17.2. The SMILES string of the molecule is O=C(O)CCN(C(=O)c1cc(=O)c2ccccc2o1)C1CCOCC1. The van der Waals surface area contributed by atoms with Crippen LogP contribution in [0.5, 0.6) is 0 Å². The lowest BCUT2D eigenvalue weighted by atomic mass is 10.1. The second-order valence-corrected chi connectivity index (χ2v) is 5.96. The van der Waals surface area contributed by atoms with E-state index in [1.165, 1.54) is 11.0 Å². The summed E-state index contributed by atoms with van der Waals surface area (Å²) in [6.07, 6.45) is 1.09. The van der Waals surface area contributed by atoms with E-state index >= 15 is 0 Å².